The number of hydrogen-bond donors (Lipinski definition) is 2. The van der Waals surface area contributed by atoms with E-state index in [2.05, 4.69) is 5.32 Å². The molecule has 3 aromatic rings. The van der Waals surface area contributed by atoms with Crippen molar-refractivity contribution in [3.63, 3.8) is 0 Å². The van der Waals surface area contributed by atoms with Gasteiger partial charge in [-0.05, 0) is 50.6 Å². The number of carboxylic acids is 1. The highest BCUT2D eigenvalue weighted by Gasteiger charge is 2.41. The third-order valence-corrected chi connectivity index (χ3v) is 5.51. The summed E-state index contributed by atoms with van der Waals surface area (Å²) in [4.78, 5) is 61.4. The van der Waals surface area contributed by atoms with Crippen LogP contribution in [0.4, 0.5) is 11.4 Å². The maximum Gasteiger partial charge on any atom is 0.349 e. The Labute approximate surface area is 217 Å². The minimum absolute atomic E-state index is 0.0143. The predicted molar refractivity (Wildman–Crippen MR) is 135 cm³/mol. The highest BCUT2D eigenvalue weighted by Crippen LogP contribution is 2.23. The van der Waals surface area contributed by atoms with E-state index in [0.717, 1.165) is 17.2 Å². The van der Waals surface area contributed by atoms with E-state index in [1.165, 1.54) is 36.4 Å². The molecule has 0 radical (unpaired) electrons. The minimum Gasteiger partial charge on any atom is -0.478 e. The van der Waals surface area contributed by atoms with Gasteiger partial charge in [-0.3, -0.25) is 14.9 Å². The van der Waals surface area contributed by atoms with Crippen molar-refractivity contribution < 1.29 is 38.7 Å². The largest absolute Gasteiger partial charge is 0.478 e. The molecule has 0 bridgehead atoms. The Balaban J connectivity index is 1.96. The fraction of sp³-hybridized carbons (Fsp3) is 0.185. The second kappa shape index (κ2) is 11.8. The number of nitrogens with one attached hydrogen (secondary N) is 1. The molecule has 0 saturated carbocycles. The average molecular weight is 520 g/mol. The lowest BCUT2D eigenvalue weighted by Gasteiger charge is -2.24. The van der Waals surface area contributed by atoms with Gasteiger partial charge in [0.05, 0.1) is 21.7 Å². The molecule has 0 spiro atoms. The van der Waals surface area contributed by atoms with Crippen LogP contribution in [0.3, 0.4) is 0 Å². The number of carbonyl (C=O) groups excluding carboxylic acids is 3. The van der Waals surface area contributed by atoms with E-state index in [1.54, 1.807) is 45.0 Å². The Hall–Kier alpha value is -5.06. The van der Waals surface area contributed by atoms with E-state index >= 15 is 0 Å². The van der Waals surface area contributed by atoms with Crippen LogP contribution in [0.25, 0.3) is 0 Å². The summed E-state index contributed by atoms with van der Waals surface area (Å²) in [6, 6.07) is 15.8. The molecule has 3 rings (SSSR count). The zero-order valence-electron chi connectivity index (χ0n) is 20.7. The van der Waals surface area contributed by atoms with Crippen molar-refractivity contribution in [2.75, 3.05) is 5.32 Å². The Morgan fingerprint density at radius 3 is 1.71 bits per heavy atom. The Morgan fingerprint density at radius 1 is 0.789 bits per heavy atom. The van der Waals surface area contributed by atoms with Crippen LogP contribution in [-0.2, 0) is 19.1 Å². The van der Waals surface area contributed by atoms with Crippen LogP contribution >= 0.6 is 0 Å². The van der Waals surface area contributed by atoms with Crippen molar-refractivity contribution in [3.8, 4) is 0 Å². The van der Waals surface area contributed by atoms with Crippen molar-refractivity contribution in [2.24, 2.45) is 0 Å². The number of non-ortho nitro benzene ring substituents is 1. The number of nitrogens with zero attached hydrogens (tertiary/aromatic N) is 1. The zero-order chi connectivity index (χ0) is 28.0. The van der Waals surface area contributed by atoms with Crippen molar-refractivity contribution in [3.05, 3.63) is 105 Å². The van der Waals surface area contributed by atoms with E-state index in [0.29, 0.717) is 5.56 Å². The fourth-order valence-corrected chi connectivity index (χ4v) is 3.30. The number of amides is 1. The minimum atomic E-state index is -2.24. The molecule has 2 N–H and O–H groups in total. The van der Waals surface area contributed by atoms with Gasteiger partial charge < -0.3 is 19.9 Å². The van der Waals surface area contributed by atoms with Gasteiger partial charge in [-0.15, -0.1) is 0 Å². The molecular weight excluding hydrogens is 496 g/mol. The molecule has 196 valence electrons. The zero-order valence-corrected chi connectivity index (χ0v) is 20.7. The third-order valence-electron chi connectivity index (χ3n) is 5.51. The maximum atomic E-state index is 13.3. The van der Waals surface area contributed by atoms with Crippen LogP contribution in [0.15, 0.2) is 66.7 Å². The number of nitro benzene ring substituents is 1. The van der Waals surface area contributed by atoms with Crippen LogP contribution in [0, 0.1) is 30.9 Å². The molecule has 0 fully saturated rings. The summed E-state index contributed by atoms with van der Waals surface area (Å²) in [7, 11) is 0. The van der Waals surface area contributed by atoms with Gasteiger partial charge in [0.1, 0.15) is 0 Å². The van der Waals surface area contributed by atoms with Gasteiger partial charge in [-0.25, -0.2) is 14.4 Å². The van der Waals surface area contributed by atoms with E-state index < -0.39 is 40.9 Å². The molecule has 0 aromatic heterocycles. The van der Waals surface area contributed by atoms with Crippen molar-refractivity contribution in [1.29, 1.82) is 0 Å². The molecule has 11 heteroatoms. The third kappa shape index (κ3) is 6.78. The normalized spacial score (nSPS) is 12.1. The molecule has 1 amide bonds. The summed E-state index contributed by atoms with van der Waals surface area (Å²) in [6.07, 6.45) is -4.38. The number of aryl methyl sites for hydroxylation is 3. The second-order valence-electron chi connectivity index (χ2n) is 8.47. The highest BCUT2D eigenvalue weighted by atomic mass is 16.6. The van der Waals surface area contributed by atoms with Crippen molar-refractivity contribution in [1.82, 2.24) is 0 Å². The first-order valence-electron chi connectivity index (χ1n) is 11.3. The average Bonchev–Trinajstić information content (AvgIpc) is 2.87. The molecule has 0 unspecified atom stereocenters. The van der Waals surface area contributed by atoms with Gasteiger partial charge >= 0.3 is 17.9 Å². The number of carboxylic acid groups (broad SMARTS) is 1. The molecule has 0 aliphatic carbocycles. The topological polar surface area (TPSA) is 162 Å². The summed E-state index contributed by atoms with van der Waals surface area (Å²) in [5.41, 5.74) is 1.78. The highest BCUT2D eigenvalue weighted by molar-refractivity contribution is 6.02. The van der Waals surface area contributed by atoms with E-state index in [1.807, 2.05) is 0 Å². The number of benzene rings is 3. The number of rotatable bonds is 9. The molecular formula is C27H24N2O9. The van der Waals surface area contributed by atoms with Crippen LogP contribution in [0.1, 0.15) is 37.4 Å². The lowest BCUT2D eigenvalue weighted by atomic mass is 10.1. The Morgan fingerprint density at radius 2 is 1.26 bits per heavy atom. The van der Waals surface area contributed by atoms with E-state index in [9.17, 15) is 34.4 Å². The number of esters is 2. The van der Waals surface area contributed by atoms with Gasteiger partial charge in [0.2, 0.25) is 12.2 Å². The van der Waals surface area contributed by atoms with Crippen LogP contribution < -0.4 is 5.32 Å². The lowest BCUT2D eigenvalue weighted by molar-refractivity contribution is -0.384. The van der Waals surface area contributed by atoms with Gasteiger partial charge in [0.25, 0.3) is 11.6 Å². The first kappa shape index (κ1) is 27.5. The number of carbonyl (C=O) groups is 4. The maximum absolute atomic E-state index is 13.3. The predicted octanol–water partition coefficient (Wildman–Crippen LogP) is 3.99. The molecule has 0 saturated heterocycles. The molecule has 2 atom stereocenters. The molecule has 0 aliphatic heterocycles. The van der Waals surface area contributed by atoms with Crippen LogP contribution in [-0.4, -0.2) is 46.1 Å². The van der Waals surface area contributed by atoms with Gasteiger partial charge in [-0.2, -0.15) is 0 Å². The summed E-state index contributed by atoms with van der Waals surface area (Å²) >= 11 is 0. The van der Waals surface area contributed by atoms with Crippen LogP contribution in [0.5, 0.6) is 0 Å². The second-order valence-corrected chi connectivity index (χ2v) is 8.47. The standard InChI is InChI=1S/C27H24N2O9/c1-15-4-9-18(10-5-15)26(33)37-22(24(30)28-21-14-20(29(35)36)13-8-17(21)3)23(25(31)32)38-27(34)19-11-6-16(2)7-12-19/h4-14,22-23H,1-3H3,(H,28,30)(H,31,32)/t22-,23+/m0/s1. The number of ether oxygens (including phenoxy) is 2. The Kier molecular flexibility index (Phi) is 8.54. The molecule has 38 heavy (non-hydrogen) atoms. The SMILES string of the molecule is Cc1ccc(C(=O)O[C@H](C(=O)Nc2cc([N+](=O)[O-])ccc2C)[C@@H](OC(=O)c2ccc(C)cc2)C(=O)O)cc1. The number of aliphatic carboxylic acids is 1. The van der Waals surface area contributed by atoms with Gasteiger partial charge in [0, 0.05) is 12.1 Å². The van der Waals surface area contributed by atoms with Gasteiger partial charge in [0.15, 0.2) is 0 Å². The quantitative estimate of drug-likeness (QED) is 0.241. The molecule has 0 aliphatic rings. The van der Waals surface area contributed by atoms with E-state index in [-0.39, 0.29) is 22.5 Å². The summed E-state index contributed by atoms with van der Waals surface area (Å²) < 4.78 is 10.4. The van der Waals surface area contributed by atoms with Crippen LogP contribution in [0.2, 0.25) is 0 Å². The monoisotopic (exact) mass is 520 g/mol. The smallest absolute Gasteiger partial charge is 0.349 e. The summed E-state index contributed by atoms with van der Waals surface area (Å²) in [5.74, 6) is -5.03. The van der Waals surface area contributed by atoms with E-state index in [4.69, 9.17) is 9.47 Å². The first-order valence-corrected chi connectivity index (χ1v) is 11.3. The number of anilines is 1. The summed E-state index contributed by atoms with van der Waals surface area (Å²) in [6.45, 7) is 5.13. The molecule has 11 nitrogen and oxygen atoms in total. The van der Waals surface area contributed by atoms with Crippen molar-refractivity contribution in [2.45, 2.75) is 33.0 Å². The fourth-order valence-electron chi connectivity index (χ4n) is 3.30. The van der Waals surface area contributed by atoms with Crippen molar-refractivity contribution >= 4 is 35.2 Å². The molecule has 0 heterocycles. The number of nitro groups is 1. The number of hydrogen-bond acceptors (Lipinski definition) is 8. The summed E-state index contributed by atoms with van der Waals surface area (Å²) in [5, 5.41) is 23.4. The van der Waals surface area contributed by atoms with Gasteiger partial charge in [-0.1, -0.05) is 41.5 Å². The lowest BCUT2D eigenvalue weighted by Crippen LogP contribution is -2.48. The first-order chi connectivity index (χ1) is 18.0. The molecule has 3 aromatic carbocycles. The Bertz CT molecular complexity index is 1380.